The number of imidazole rings is 2. The number of para-hydroxylation sites is 4. The largest absolute Gasteiger partial charge is 0.473 e. The van der Waals surface area contributed by atoms with Crippen molar-refractivity contribution in [1.82, 2.24) is 28.9 Å². The normalized spacial score (nSPS) is 15.2. The molecule has 0 amide bonds. The molecule has 0 atom stereocenters. The number of hydrogen-bond acceptors (Lipinski definition) is 8. The summed E-state index contributed by atoms with van der Waals surface area (Å²) in [4.78, 5) is 56.6. The highest BCUT2D eigenvalue weighted by Crippen LogP contribution is 2.33. The van der Waals surface area contributed by atoms with Crippen molar-refractivity contribution >= 4 is 45.4 Å². The minimum absolute atomic E-state index is 0.121. The zero-order valence-corrected chi connectivity index (χ0v) is 33.2. The fraction of sp³-hybridized carbons (Fsp3) is 0.333. The van der Waals surface area contributed by atoms with E-state index in [-0.39, 0.29) is 11.4 Å². The van der Waals surface area contributed by atoms with Gasteiger partial charge in [0.2, 0.25) is 0 Å². The number of H-pyrrole nitrogens is 2. The van der Waals surface area contributed by atoms with Gasteiger partial charge in [-0.25, -0.2) is 19.2 Å². The van der Waals surface area contributed by atoms with Crippen LogP contribution >= 0.6 is 0 Å². The molecule has 2 saturated heterocycles. The van der Waals surface area contributed by atoms with E-state index in [2.05, 4.69) is 19.8 Å². The van der Waals surface area contributed by atoms with Crippen LogP contribution in [0.25, 0.3) is 22.1 Å². The number of benzene rings is 4. The fourth-order valence-corrected chi connectivity index (χ4v) is 7.36. The number of aromatic nitrogens is 4. The number of nitrogens with one attached hydrogen (secondary N) is 2. The monoisotopic (exact) mass is 870 g/mol. The Morgan fingerprint density at radius 3 is 1.19 bits per heavy atom. The molecule has 14 nitrogen and oxygen atoms in total. The molecule has 0 bridgehead atoms. The molecule has 330 valence electrons. The first-order chi connectivity index (χ1) is 29.5. The number of carboxylic acid groups (broad SMARTS) is 2. The van der Waals surface area contributed by atoms with Crippen molar-refractivity contribution in [2.75, 3.05) is 75.2 Å². The number of alkyl halides is 6. The predicted molar refractivity (Wildman–Crippen MR) is 221 cm³/mol. The lowest BCUT2D eigenvalue weighted by molar-refractivity contribution is -0.159. The van der Waals surface area contributed by atoms with Crippen molar-refractivity contribution in [3.05, 3.63) is 129 Å². The van der Waals surface area contributed by atoms with Gasteiger partial charge >= 0.3 is 35.7 Å². The maximum Gasteiger partial charge on any atom is 0.416 e. The van der Waals surface area contributed by atoms with Crippen molar-refractivity contribution in [2.45, 2.75) is 25.4 Å². The van der Waals surface area contributed by atoms with Crippen LogP contribution in [0.1, 0.15) is 11.1 Å². The highest BCUT2D eigenvalue weighted by molar-refractivity contribution is 6.27. The van der Waals surface area contributed by atoms with E-state index in [0.717, 1.165) is 73.5 Å². The Morgan fingerprint density at radius 2 is 0.855 bits per heavy atom. The van der Waals surface area contributed by atoms with Gasteiger partial charge in [-0.05, 0) is 60.7 Å². The van der Waals surface area contributed by atoms with Crippen LogP contribution in [0.4, 0.5) is 37.7 Å². The number of halogens is 6. The molecule has 0 unspecified atom stereocenters. The quantitative estimate of drug-likeness (QED) is 0.114. The Hall–Kier alpha value is -6.54. The second kappa shape index (κ2) is 19.4. The first-order valence-corrected chi connectivity index (χ1v) is 19.6. The van der Waals surface area contributed by atoms with Gasteiger partial charge in [0.15, 0.2) is 0 Å². The van der Waals surface area contributed by atoms with Gasteiger partial charge in [0.1, 0.15) is 0 Å². The van der Waals surface area contributed by atoms with E-state index >= 15 is 0 Å². The molecule has 4 N–H and O–H groups in total. The lowest BCUT2D eigenvalue weighted by Gasteiger charge is -2.36. The number of fused-ring (bicyclic) bond motifs is 2. The lowest BCUT2D eigenvalue weighted by Crippen LogP contribution is -2.47. The SMILES string of the molecule is O=C(O)C(=O)O.O=c1[nH]c2ccccc2n1CCN1CCN(c2cccc(C(F)(F)F)c2)CC1.O=c1[nH]c2ccccc2n1CCN1CCN(c2cccc(C(F)(F)F)c2)CC1. The summed E-state index contributed by atoms with van der Waals surface area (Å²) in [6.45, 7) is 8.19. The van der Waals surface area contributed by atoms with Crippen molar-refractivity contribution in [3.63, 3.8) is 0 Å². The number of carboxylic acids is 2. The molecular formula is C42H44F6N8O6. The Morgan fingerprint density at radius 1 is 0.500 bits per heavy atom. The van der Waals surface area contributed by atoms with E-state index < -0.39 is 35.4 Å². The lowest BCUT2D eigenvalue weighted by atomic mass is 10.1. The van der Waals surface area contributed by atoms with Crippen molar-refractivity contribution in [1.29, 1.82) is 0 Å². The number of hydrogen-bond donors (Lipinski definition) is 4. The second-order valence-electron chi connectivity index (χ2n) is 14.6. The molecule has 20 heteroatoms. The summed E-state index contributed by atoms with van der Waals surface area (Å²) in [5.41, 5.74) is 3.13. The van der Waals surface area contributed by atoms with Crippen LogP contribution < -0.4 is 21.2 Å². The van der Waals surface area contributed by atoms with E-state index in [1.165, 1.54) is 24.3 Å². The first kappa shape index (κ1) is 45.0. The highest BCUT2D eigenvalue weighted by atomic mass is 19.4. The zero-order valence-electron chi connectivity index (χ0n) is 33.2. The van der Waals surface area contributed by atoms with Crippen LogP contribution in [0, 0.1) is 0 Å². The van der Waals surface area contributed by atoms with E-state index in [0.29, 0.717) is 50.6 Å². The van der Waals surface area contributed by atoms with Gasteiger partial charge in [-0.3, -0.25) is 18.9 Å². The molecule has 2 aromatic heterocycles. The summed E-state index contributed by atoms with van der Waals surface area (Å²) in [5, 5.41) is 14.8. The molecule has 0 saturated carbocycles. The Labute approximate surface area is 349 Å². The number of carbonyl (C=O) groups is 2. The Bertz CT molecular complexity index is 2410. The summed E-state index contributed by atoms with van der Waals surface area (Å²) in [5.74, 6) is -3.65. The van der Waals surface area contributed by atoms with E-state index in [9.17, 15) is 35.9 Å². The van der Waals surface area contributed by atoms with Gasteiger partial charge in [0.05, 0.1) is 33.2 Å². The summed E-state index contributed by atoms with van der Waals surface area (Å²) < 4.78 is 81.0. The topological polar surface area (TPSA) is 163 Å². The number of nitrogens with zero attached hydrogens (tertiary/aromatic N) is 6. The van der Waals surface area contributed by atoms with Crippen LogP contribution in [0.15, 0.2) is 107 Å². The molecule has 0 aliphatic carbocycles. The average molecular weight is 871 g/mol. The summed E-state index contributed by atoms with van der Waals surface area (Å²) in [7, 11) is 0. The minimum Gasteiger partial charge on any atom is -0.473 e. The molecule has 62 heavy (non-hydrogen) atoms. The number of piperazine rings is 2. The third-order valence-corrected chi connectivity index (χ3v) is 10.6. The van der Waals surface area contributed by atoms with E-state index in [4.69, 9.17) is 19.8 Å². The van der Waals surface area contributed by atoms with Gasteiger partial charge in [-0.2, -0.15) is 26.3 Å². The summed E-state index contributed by atoms with van der Waals surface area (Å²) in [6.07, 6.45) is -8.66. The molecule has 8 rings (SSSR count). The molecule has 4 heterocycles. The summed E-state index contributed by atoms with van der Waals surface area (Å²) in [6, 6.07) is 26.1. The third-order valence-electron chi connectivity index (χ3n) is 10.6. The molecule has 2 aliphatic rings. The molecule has 0 radical (unpaired) electrons. The molecule has 2 fully saturated rings. The van der Waals surface area contributed by atoms with Gasteiger partial charge in [0.25, 0.3) is 0 Å². The van der Waals surface area contributed by atoms with E-state index in [1.54, 1.807) is 21.3 Å². The van der Waals surface area contributed by atoms with Gasteiger partial charge in [-0.15, -0.1) is 0 Å². The van der Waals surface area contributed by atoms with Gasteiger partial charge < -0.3 is 30.0 Å². The number of anilines is 2. The number of aromatic amines is 2. The predicted octanol–water partition coefficient (Wildman–Crippen LogP) is 5.50. The van der Waals surface area contributed by atoms with Gasteiger partial charge in [-0.1, -0.05) is 36.4 Å². The van der Waals surface area contributed by atoms with Crippen LogP contribution in [-0.2, 0) is 35.0 Å². The van der Waals surface area contributed by atoms with Crippen LogP contribution in [-0.4, -0.2) is 117 Å². The standard InChI is InChI=1S/2C20H21F3N4O.C2H2O4/c2*21-20(22,23)15-4-3-5-16(14-15)26-11-8-25(9-12-26)10-13-27-18-7-2-1-6-17(18)24-19(27)28;3-1(4)2(5)6/h2*1-7,14H,8-13H2,(H,24,28);(H,3,4)(H,5,6). The van der Waals surface area contributed by atoms with Crippen molar-refractivity contribution in [2.24, 2.45) is 0 Å². The van der Waals surface area contributed by atoms with Crippen molar-refractivity contribution < 1.29 is 46.1 Å². The molecule has 4 aromatic carbocycles. The van der Waals surface area contributed by atoms with Crippen LogP contribution in [0.3, 0.4) is 0 Å². The zero-order chi connectivity index (χ0) is 44.6. The molecule has 0 spiro atoms. The first-order valence-electron chi connectivity index (χ1n) is 19.6. The fourth-order valence-electron chi connectivity index (χ4n) is 7.36. The number of aliphatic carboxylic acids is 2. The Kier molecular flexibility index (Phi) is 14.1. The van der Waals surface area contributed by atoms with Crippen molar-refractivity contribution in [3.8, 4) is 0 Å². The average Bonchev–Trinajstić information content (AvgIpc) is 3.76. The van der Waals surface area contributed by atoms with Gasteiger partial charge in [0, 0.05) is 89.9 Å². The smallest absolute Gasteiger partial charge is 0.416 e. The highest BCUT2D eigenvalue weighted by Gasteiger charge is 2.32. The molecular weight excluding hydrogens is 826 g/mol. The minimum atomic E-state index is -4.33. The van der Waals surface area contributed by atoms with E-state index in [1.807, 2.05) is 58.3 Å². The van der Waals surface area contributed by atoms with Crippen LogP contribution in [0.5, 0.6) is 0 Å². The Balaban J connectivity index is 0.000000183. The number of rotatable bonds is 8. The summed E-state index contributed by atoms with van der Waals surface area (Å²) >= 11 is 0. The maximum atomic E-state index is 12.9. The third kappa shape index (κ3) is 11.4. The second-order valence-corrected chi connectivity index (χ2v) is 14.6. The van der Waals surface area contributed by atoms with Crippen LogP contribution in [0.2, 0.25) is 0 Å². The molecule has 6 aromatic rings. The maximum absolute atomic E-state index is 12.9. The molecule has 2 aliphatic heterocycles.